The van der Waals surface area contributed by atoms with E-state index in [-0.39, 0.29) is 12.5 Å². The van der Waals surface area contributed by atoms with Gasteiger partial charge in [0.05, 0.1) is 12.0 Å². The molecule has 0 aliphatic carbocycles. The molecule has 1 saturated heterocycles. The summed E-state index contributed by atoms with van der Waals surface area (Å²) in [5.41, 5.74) is 0.844. The molecular formula is C21H21N3O5. The Morgan fingerprint density at radius 2 is 1.86 bits per heavy atom. The number of aromatic nitrogens is 1. The molecule has 150 valence electrons. The molecule has 0 saturated carbocycles. The molecule has 8 heteroatoms. The van der Waals surface area contributed by atoms with Gasteiger partial charge in [-0.2, -0.15) is 0 Å². The standard InChI is InChI=1S/C21H21N3O5/c25-21(20-14-27-16-4-1-2-5-18(16)28-20)24-9-7-23(8-10-24)13-15-12-19(29-22-15)17-6-3-11-26-17/h1-6,11-12,20H,7-10,13-14H2/t20-/m0/s1. The van der Waals surface area contributed by atoms with E-state index in [0.29, 0.717) is 42.7 Å². The van der Waals surface area contributed by atoms with Crippen LogP contribution in [0.15, 0.2) is 57.7 Å². The average Bonchev–Trinajstić information content (AvgIpc) is 3.45. The SMILES string of the molecule is O=C([C@@H]1COc2ccccc2O1)N1CCN(Cc2cc(-c3ccco3)on2)CC1. The number of hydrogen-bond acceptors (Lipinski definition) is 7. The molecular weight excluding hydrogens is 374 g/mol. The van der Waals surface area contributed by atoms with Crippen molar-refractivity contribution in [3.63, 3.8) is 0 Å². The number of carbonyl (C=O) groups is 1. The number of ether oxygens (including phenoxy) is 2. The lowest BCUT2D eigenvalue weighted by molar-refractivity contribution is -0.143. The summed E-state index contributed by atoms with van der Waals surface area (Å²) in [6, 6.07) is 13.0. The Labute approximate surface area is 167 Å². The van der Waals surface area contributed by atoms with Crippen molar-refractivity contribution in [1.29, 1.82) is 0 Å². The first-order valence-electron chi connectivity index (χ1n) is 9.65. The predicted octanol–water partition coefficient (Wildman–Crippen LogP) is 2.42. The molecule has 2 aliphatic heterocycles. The average molecular weight is 395 g/mol. The van der Waals surface area contributed by atoms with Gasteiger partial charge >= 0.3 is 0 Å². The highest BCUT2D eigenvalue weighted by molar-refractivity contribution is 5.82. The van der Waals surface area contributed by atoms with Gasteiger partial charge in [0.25, 0.3) is 5.91 Å². The van der Waals surface area contributed by atoms with E-state index >= 15 is 0 Å². The van der Waals surface area contributed by atoms with Crippen LogP contribution in [0.4, 0.5) is 0 Å². The number of carbonyl (C=O) groups excluding carboxylic acids is 1. The highest BCUT2D eigenvalue weighted by Crippen LogP contribution is 2.31. The molecule has 8 nitrogen and oxygen atoms in total. The fraction of sp³-hybridized carbons (Fsp3) is 0.333. The first-order chi connectivity index (χ1) is 14.3. The monoisotopic (exact) mass is 395 g/mol. The highest BCUT2D eigenvalue weighted by atomic mass is 16.6. The molecule has 0 bridgehead atoms. The summed E-state index contributed by atoms with van der Waals surface area (Å²) < 4.78 is 22.2. The number of fused-ring (bicyclic) bond motifs is 1. The minimum atomic E-state index is -0.595. The summed E-state index contributed by atoms with van der Waals surface area (Å²) in [5.74, 6) is 2.56. The quantitative estimate of drug-likeness (QED) is 0.671. The molecule has 1 amide bonds. The van der Waals surface area contributed by atoms with Crippen LogP contribution >= 0.6 is 0 Å². The van der Waals surface area contributed by atoms with Crippen LogP contribution in [-0.4, -0.2) is 59.8 Å². The molecule has 0 N–H and O–H groups in total. The molecule has 1 aromatic carbocycles. The zero-order valence-corrected chi connectivity index (χ0v) is 15.8. The normalized spacial score (nSPS) is 19.3. The Bertz CT molecular complexity index is 976. The molecule has 5 rings (SSSR count). The maximum atomic E-state index is 12.8. The molecule has 1 atom stereocenters. The van der Waals surface area contributed by atoms with E-state index in [4.69, 9.17) is 18.4 Å². The van der Waals surface area contributed by atoms with E-state index in [9.17, 15) is 4.79 Å². The fourth-order valence-electron chi connectivity index (χ4n) is 3.62. The van der Waals surface area contributed by atoms with Crippen LogP contribution in [0.1, 0.15) is 5.69 Å². The largest absolute Gasteiger partial charge is 0.485 e. The predicted molar refractivity (Wildman–Crippen MR) is 102 cm³/mol. The molecule has 0 unspecified atom stereocenters. The maximum absolute atomic E-state index is 12.8. The molecule has 2 aromatic heterocycles. The van der Waals surface area contributed by atoms with Crippen LogP contribution in [0, 0.1) is 0 Å². The summed E-state index contributed by atoms with van der Waals surface area (Å²) in [4.78, 5) is 16.9. The minimum Gasteiger partial charge on any atom is -0.485 e. The van der Waals surface area contributed by atoms with E-state index in [1.807, 2.05) is 47.4 Å². The summed E-state index contributed by atoms with van der Waals surface area (Å²) in [5, 5.41) is 4.12. The van der Waals surface area contributed by atoms with Gasteiger partial charge in [-0.05, 0) is 24.3 Å². The van der Waals surface area contributed by atoms with Crippen LogP contribution in [0.25, 0.3) is 11.5 Å². The third-order valence-electron chi connectivity index (χ3n) is 5.18. The second kappa shape index (κ2) is 7.63. The molecule has 0 radical (unpaired) electrons. The lowest BCUT2D eigenvalue weighted by atomic mass is 10.2. The maximum Gasteiger partial charge on any atom is 0.267 e. The van der Waals surface area contributed by atoms with Gasteiger partial charge in [0.2, 0.25) is 11.9 Å². The van der Waals surface area contributed by atoms with Crippen molar-refractivity contribution in [3.8, 4) is 23.0 Å². The number of benzene rings is 1. The summed E-state index contributed by atoms with van der Waals surface area (Å²) in [6.07, 6.45) is 1.01. The van der Waals surface area contributed by atoms with Crippen molar-refractivity contribution in [3.05, 3.63) is 54.4 Å². The van der Waals surface area contributed by atoms with E-state index < -0.39 is 6.10 Å². The second-order valence-electron chi connectivity index (χ2n) is 7.13. The Kier molecular flexibility index (Phi) is 4.69. The number of furan rings is 1. The van der Waals surface area contributed by atoms with Crippen molar-refractivity contribution in [2.45, 2.75) is 12.6 Å². The number of amides is 1. The Hall–Kier alpha value is -3.26. The number of hydrogen-bond donors (Lipinski definition) is 0. The topological polar surface area (TPSA) is 81.2 Å². The van der Waals surface area contributed by atoms with E-state index in [1.54, 1.807) is 6.26 Å². The molecule has 4 heterocycles. The van der Waals surface area contributed by atoms with Gasteiger partial charge in [0, 0.05) is 38.8 Å². The van der Waals surface area contributed by atoms with Crippen LogP contribution in [0.2, 0.25) is 0 Å². The zero-order chi connectivity index (χ0) is 19.6. The molecule has 3 aromatic rings. The van der Waals surface area contributed by atoms with Crippen molar-refractivity contribution in [1.82, 2.24) is 15.0 Å². The van der Waals surface area contributed by atoms with Crippen LogP contribution in [-0.2, 0) is 11.3 Å². The van der Waals surface area contributed by atoms with Gasteiger partial charge in [-0.25, -0.2) is 0 Å². The van der Waals surface area contributed by atoms with Crippen molar-refractivity contribution >= 4 is 5.91 Å². The first kappa shape index (κ1) is 17.8. The Balaban J connectivity index is 1.14. The Morgan fingerprint density at radius 1 is 1.03 bits per heavy atom. The minimum absolute atomic E-state index is 0.0271. The number of rotatable bonds is 4. The smallest absolute Gasteiger partial charge is 0.267 e. The molecule has 0 spiro atoms. The van der Waals surface area contributed by atoms with Crippen molar-refractivity contribution in [2.24, 2.45) is 0 Å². The molecule has 29 heavy (non-hydrogen) atoms. The van der Waals surface area contributed by atoms with E-state index in [1.165, 1.54) is 0 Å². The third kappa shape index (κ3) is 3.71. The number of piperazine rings is 1. The van der Waals surface area contributed by atoms with Gasteiger partial charge in [0.15, 0.2) is 17.3 Å². The summed E-state index contributed by atoms with van der Waals surface area (Å²) in [7, 11) is 0. The molecule has 1 fully saturated rings. The van der Waals surface area contributed by atoms with Gasteiger partial charge in [0.1, 0.15) is 6.61 Å². The van der Waals surface area contributed by atoms with Crippen LogP contribution in [0.5, 0.6) is 11.5 Å². The summed E-state index contributed by atoms with van der Waals surface area (Å²) in [6.45, 7) is 3.72. The number of nitrogens with zero attached hydrogens (tertiary/aromatic N) is 3. The van der Waals surface area contributed by atoms with E-state index in [0.717, 1.165) is 18.8 Å². The highest BCUT2D eigenvalue weighted by Gasteiger charge is 2.32. The van der Waals surface area contributed by atoms with Gasteiger partial charge in [-0.3, -0.25) is 9.69 Å². The van der Waals surface area contributed by atoms with Crippen molar-refractivity contribution < 1.29 is 23.2 Å². The fourth-order valence-corrected chi connectivity index (χ4v) is 3.62. The first-order valence-corrected chi connectivity index (χ1v) is 9.65. The van der Waals surface area contributed by atoms with Gasteiger partial charge < -0.3 is 23.3 Å². The lowest BCUT2D eigenvalue weighted by Gasteiger charge is -2.36. The van der Waals surface area contributed by atoms with E-state index in [2.05, 4.69) is 10.1 Å². The second-order valence-corrected chi connectivity index (χ2v) is 7.13. The zero-order valence-electron chi connectivity index (χ0n) is 15.8. The third-order valence-corrected chi connectivity index (χ3v) is 5.18. The molecule has 2 aliphatic rings. The van der Waals surface area contributed by atoms with Gasteiger partial charge in [-0.15, -0.1) is 0 Å². The number of para-hydroxylation sites is 2. The Morgan fingerprint density at radius 3 is 2.66 bits per heavy atom. The van der Waals surface area contributed by atoms with Crippen LogP contribution in [0.3, 0.4) is 0 Å². The summed E-state index contributed by atoms with van der Waals surface area (Å²) >= 11 is 0. The van der Waals surface area contributed by atoms with Gasteiger partial charge in [-0.1, -0.05) is 17.3 Å². The lowest BCUT2D eigenvalue weighted by Crippen LogP contribution is -2.53. The van der Waals surface area contributed by atoms with Crippen LogP contribution < -0.4 is 9.47 Å². The van der Waals surface area contributed by atoms with Crippen molar-refractivity contribution in [2.75, 3.05) is 32.8 Å².